The number of amides is 1. The fraction of sp³-hybridized carbons (Fsp3) is 0.490. The summed E-state index contributed by atoms with van der Waals surface area (Å²) in [5.74, 6) is -4.26. The van der Waals surface area contributed by atoms with Crippen LogP contribution in [-0.4, -0.2) is 76.0 Å². The Labute approximate surface area is 427 Å². The van der Waals surface area contributed by atoms with E-state index in [0.717, 1.165) is 57.4 Å². The van der Waals surface area contributed by atoms with Crippen LogP contribution < -0.4 is 16.1 Å². The van der Waals surface area contributed by atoms with Gasteiger partial charge in [-0.3, -0.25) is 24.6 Å². The fourth-order valence-electron chi connectivity index (χ4n) is 8.83. The first-order valence-electron chi connectivity index (χ1n) is 23.1. The van der Waals surface area contributed by atoms with Gasteiger partial charge in [0, 0.05) is 51.0 Å². The number of rotatable bonds is 14. The first-order valence-corrected chi connectivity index (χ1v) is 25.6. The topological polar surface area (TPSA) is 219 Å². The number of aryl methyl sites for hydroxylation is 1. The third kappa shape index (κ3) is 14.6. The Balaban J connectivity index is 0.000000206. The van der Waals surface area contributed by atoms with Gasteiger partial charge in [-0.05, 0) is 101 Å². The number of carboxylic acids is 2. The van der Waals surface area contributed by atoms with Crippen molar-refractivity contribution in [3.05, 3.63) is 80.2 Å². The molecule has 5 N–H and O–H groups in total. The van der Waals surface area contributed by atoms with E-state index in [0.29, 0.717) is 64.9 Å². The van der Waals surface area contributed by atoms with E-state index in [9.17, 15) is 33.9 Å². The Hall–Kier alpha value is -5.43. The molecule has 1 amide bonds. The summed E-state index contributed by atoms with van der Waals surface area (Å²) >= 11 is 13.8. The number of hydrogen-bond donors (Lipinski definition) is 5. The molecule has 0 saturated carbocycles. The molecular formula is C51H63ClN4O11S3. The van der Waals surface area contributed by atoms with Gasteiger partial charge in [0.15, 0.2) is 0 Å². The van der Waals surface area contributed by atoms with Gasteiger partial charge in [-0.1, -0.05) is 75.5 Å². The molecule has 2 aliphatic heterocycles. The average Bonchev–Trinajstić information content (AvgIpc) is 4.03. The number of carboxylic acid groups (broad SMARTS) is 2. The number of thiocarbonyl (C=S) groups is 1. The molecule has 70 heavy (non-hydrogen) atoms. The van der Waals surface area contributed by atoms with Crippen LogP contribution in [0.3, 0.4) is 0 Å². The quantitative estimate of drug-likeness (QED) is 0.0439. The Morgan fingerprint density at radius 2 is 1.66 bits per heavy atom. The van der Waals surface area contributed by atoms with Crippen molar-refractivity contribution in [3.63, 3.8) is 0 Å². The van der Waals surface area contributed by atoms with Crippen molar-refractivity contribution in [1.82, 2.24) is 5.43 Å². The summed E-state index contributed by atoms with van der Waals surface area (Å²) < 4.78 is 15.5. The highest BCUT2D eigenvalue weighted by atomic mass is 35.5. The van der Waals surface area contributed by atoms with Crippen molar-refractivity contribution >= 4 is 103 Å². The number of cyclic esters (lactones) is 1. The Kier molecular flexibility index (Phi) is 19.1. The molecule has 1 fully saturated rings. The Bertz CT molecular complexity index is 2560. The highest BCUT2D eigenvalue weighted by Crippen LogP contribution is 2.45. The maximum Gasteiger partial charge on any atom is 0.341 e. The second-order valence-corrected chi connectivity index (χ2v) is 22.5. The molecule has 4 aliphatic rings. The Morgan fingerprint density at radius 3 is 2.21 bits per heavy atom. The zero-order valence-corrected chi connectivity index (χ0v) is 44.1. The lowest BCUT2D eigenvalue weighted by Crippen LogP contribution is -2.34. The minimum atomic E-state index is -1.01. The lowest BCUT2D eigenvalue weighted by molar-refractivity contribution is -0.148. The third-order valence-electron chi connectivity index (χ3n) is 12.5. The summed E-state index contributed by atoms with van der Waals surface area (Å²) in [4.78, 5) is 74.6. The minimum Gasteiger partial charge on any atom is -0.481 e. The zero-order chi connectivity index (χ0) is 51.7. The number of benzene rings is 1. The molecule has 0 radical (unpaired) electrons. The van der Waals surface area contributed by atoms with E-state index < -0.39 is 35.7 Å². The van der Waals surface area contributed by atoms with Gasteiger partial charge < -0.3 is 35.1 Å². The van der Waals surface area contributed by atoms with Crippen LogP contribution in [0.1, 0.15) is 129 Å². The first-order chi connectivity index (χ1) is 32.9. The van der Waals surface area contributed by atoms with Crippen molar-refractivity contribution in [3.8, 4) is 11.1 Å². The molecule has 4 heterocycles. The van der Waals surface area contributed by atoms with Crippen LogP contribution in [-0.2, 0) is 46.2 Å². The lowest BCUT2D eigenvalue weighted by atomic mass is 9.72. The number of fused-ring (bicyclic) bond motifs is 1. The largest absolute Gasteiger partial charge is 0.481 e. The number of anilines is 2. The summed E-state index contributed by atoms with van der Waals surface area (Å²) in [5, 5.41) is 30.0. The third-order valence-corrected chi connectivity index (χ3v) is 15.1. The number of carbonyl (C=O) groups excluding carboxylic acids is 4. The lowest BCUT2D eigenvalue weighted by Gasteiger charge is -2.33. The zero-order valence-electron chi connectivity index (χ0n) is 40.9. The van der Waals surface area contributed by atoms with Gasteiger partial charge in [0.1, 0.15) is 26.2 Å². The minimum absolute atomic E-state index is 0.0105. The number of hydrazone groups is 1. The highest BCUT2D eigenvalue weighted by molar-refractivity contribution is 7.80. The second-order valence-electron chi connectivity index (χ2n) is 19.3. The molecule has 2 aliphatic carbocycles. The van der Waals surface area contributed by atoms with Crippen LogP contribution in [0, 0.1) is 36.0 Å². The molecule has 2 aromatic heterocycles. The molecule has 19 heteroatoms. The van der Waals surface area contributed by atoms with Crippen molar-refractivity contribution in [2.75, 3.05) is 24.4 Å². The highest BCUT2D eigenvalue weighted by Gasteiger charge is 2.41. The van der Waals surface area contributed by atoms with E-state index in [-0.39, 0.29) is 47.5 Å². The molecule has 4 atom stereocenters. The first kappa shape index (κ1) is 55.5. The van der Waals surface area contributed by atoms with Crippen molar-refractivity contribution in [1.29, 1.82) is 0 Å². The van der Waals surface area contributed by atoms with E-state index >= 15 is 0 Å². The van der Waals surface area contributed by atoms with Gasteiger partial charge in [-0.15, -0.1) is 22.7 Å². The predicted octanol–water partition coefficient (Wildman–Crippen LogP) is 11.0. The molecule has 378 valence electrons. The van der Waals surface area contributed by atoms with Gasteiger partial charge >= 0.3 is 29.8 Å². The van der Waals surface area contributed by atoms with Gasteiger partial charge in [0.05, 0.1) is 43.5 Å². The van der Waals surface area contributed by atoms with Gasteiger partial charge in [0.25, 0.3) is 0 Å². The van der Waals surface area contributed by atoms with Gasteiger partial charge in [-0.2, -0.15) is 5.10 Å². The SMILES string of the molecule is C=C(CCC(=O)O)Nc1sc2c(c1C(=O)OC)CCC(C(C)(C)C)C2.CC1(C)CC(CC2=NNC(=S)C2)C(=O)O1.CCOC(=O)c1c(NC(=O)C2CC=CCC2C(=O)O)sc(C)c1-c1ccc(Cl)cc1. The molecule has 3 aromatic rings. The van der Waals surface area contributed by atoms with Gasteiger partial charge in [-0.25, -0.2) is 9.59 Å². The summed E-state index contributed by atoms with van der Waals surface area (Å²) in [6.07, 6.45) is 9.54. The van der Waals surface area contributed by atoms with Crippen LogP contribution >= 0.6 is 46.5 Å². The Morgan fingerprint density at radius 1 is 1.00 bits per heavy atom. The van der Waals surface area contributed by atoms with E-state index in [1.807, 2.05) is 26.8 Å². The molecule has 15 nitrogen and oxygen atoms in total. The monoisotopic (exact) mass is 1040 g/mol. The summed E-state index contributed by atoms with van der Waals surface area (Å²) in [7, 11) is 1.39. The van der Waals surface area contributed by atoms with Crippen LogP contribution in [0.25, 0.3) is 11.1 Å². The molecule has 4 unspecified atom stereocenters. The summed E-state index contributed by atoms with van der Waals surface area (Å²) in [6, 6.07) is 7.07. The maximum atomic E-state index is 12.9. The van der Waals surface area contributed by atoms with Crippen LogP contribution in [0.2, 0.25) is 5.02 Å². The molecule has 0 bridgehead atoms. The smallest absolute Gasteiger partial charge is 0.341 e. The standard InChI is InChI=1S/C22H22ClNO5S.C19H27NO4S.C10H14N2O2S/c1-3-29-22(28)18-17(13-8-10-14(23)11-9-13)12(2)30-20(18)24-19(25)15-6-4-5-7-16(15)21(26)27;1-11(6-9-15(21)22)20-17-16(18(23)24-5)13-8-7-12(19(2,3)4)10-14(13)25-17;1-10(2)5-6(9(13)14-10)3-7-4-8(15)12-11-7/h4-5,8-11,15-16H,3,6-7H2,1-2H3,(H,24,25)(H,26,27);12,20H,1,6-10H2,2-5H3,(H,21,22);6H,3-5H2,1-2H3,(H,12,15). The van der Waals surface area contributed by atoms with E-state index in [2.05, 4.69) is 48.5 Å². The average molecular weight is 1040 g/mol. The van der Waals surface area contributed by atoms with E-state index in [1.165, 1.54) is 23.3 Å². The number of nitrogens with one attached hydrogen (secondary N) is 3. The van der Waals surface area contributed by atoms with Gasteiger partial charge in [0.2, 0.25) is 5.91 Å². The summed E-state index contributed by atoms with van der Waals surface area (Å²) in [6.45, 7) is 18.3. The molecular weight excluding hydrogens is 976 g/mol. The number of ether oxygens (including phenoxy) is 3. The number of esters is 3. The number of hydrogen-bond acceptors (Lipinski definition) is 14. The molecule has 0 spiro atoms. The number of allylic oxidation sites excluding steroid dienone is 3. The van der Waals surface area contributed by atoms with Crippen molar-refractivity contribution in [2.24, 2.45) is 34.2 Å². The number of nitrogens with zero attached hydrogens (tertiary/aromatic N) is 1. The number of carbonyl (C=O) groups is 6. The molecule has 1 aromatic carbocycles. The second kappa shape index (κ2) is 24.1. The molecule has 7 rings (SSSR count). The molecule has 1 saturated heterocycles. The van der Waals surface area contributed by atoms with Crippen molar-refractivity contribution in [2.45, 2.75) is 118 Å². The van der Waals surface area contributed by atoms with E-state index in [4.69, 9.17) is 43.1 Å². The van der Waals surface area contributed by atoms with Crippen LogP contribution in [0.15, 0.2) is 53.8 Å². The van der Waals surface area contributed by atoms with E-state index in [1.54, 1.807) is 48.6 Å². The maximum absolute atomic E-state index is 12.9. The summed E-state index contributed by atoms with van der Waals surface area (Å²) in [5.41, 5.74) is 7.59. The number of halogens is 1. The number of thiophene rings is 2. The van der Waals surface area contributed by atoms with Crippen LogP contribution in [0.5, 0.6) is 0 Å². The van der Waals surface area contributed by atoms with Crippen LogP contribution in [0.4, 0.5) is 10.0 Å². The number of aliphatic carboxylic acids is 2. The normalized spacial score (nSPS) is 19.9. The predicted molar refractivity (Wildman–Crippen MR) is 278 cm³/mol. The number of methoxy groups -OCH3 is 1. The van der Waals surface area contributed by atoms with Crippen molar-refractivity contribution < 1.29 is 53.2 Å². The fourth-order valence-corrected chi connectivity index (χ4v) is 11.6.